The van der Waals surface area contributed by atoms with E-state index in [1.807, 2.05) is 6.07 Å². The molecule has 4 rings (SSSR count). The smallest absolute Gasteiger partial charge is 0.123 e. The number of benzene rings is 1. The lowest BCUT2D eigenvalue weighted by Gasteiger charge is -2.25. The maximum atomic E-state index is 5.87. The van der Waals surface area contributed by atoms with Gasteiger partial charge in [0.1, 0.15) is 5.82 Å². The van der Waals surface area contributed by atoms with Gasteiger partial charge < -0.3 is 10.6 Å². The number of hydrogen-bond donors (Lipinski definition) is 1. The summed E-state index contributed by atoms with van der Waals surface area (Å²) in [6, 6.07) is 12.6. The normalized spacial score (nSPS) is 13.6. The third kappa shape index (κ3) is 3.63. The van der Waals surface area contributed by atoms with E-state index < -0.39 is 0 Å². The van der Waals surface area contributed by atoms with Crippen molar-refractivity contribution in [3.8, 4) is 11.1 Å². The quantitative estimate of drug-likeness (QED) is 0.709. The van der Waals surface area contributed by atoms with E-state index in [1.165, 1.54) is 16.6 Å². The van der Waals surface area contributed by atoms with Crippen LogP contribution in [0, 0.1) is 0 Å². The Kier molecular flexibility index (Phi) is 6.45. The van der Waals surface area contributed by atoms with E-state index in [9.17, 15) is 0 Å². The number of pyridine rings is 2. The molecule has 0 saturated carbocycles. The fourth-order valence-electron chi connectivity index (χ4n) is 3.55. The van der Waals surface area contributed by atoms with Crippen molar-refractivity contribution in [1.29, 1.82) is 0 Å². The van der Waals surface area contributed by atoms with Crippen molar-refractivity contribution in [2.75, 3.05) is 19.3 Å². The van der Waals surface area contributed by atoms with Gasteiger partial charge in [0.25, 0.3) is 0 Å². The SMILES string of the molecule is CCc1nc(N)ccc1-c1cccc2cc3c(nc12)CCN(C)C3.Cl.Cl. The topological polar surface area (TPSA) is 55.0 Å². The predicted molar refractivity (Wildman–Crippen MR) is 113 cm³/mol. The average Bonchev–Trinajstić information content (AvgIpc) is 2.59. The number of nitrogens with two attached hydrogens (primary N) is 1. The summed E-state index contributed by atoms with van der Waals surface area (Å²) in [5.41, 5.74) is 12.8. The fourth-order valence-corrected chi connectivity index (χ4v) is 3.55. The third-order valence-corrected chi connectivity index (χ3v) is 4.81. The highest BCUT2D eigenvalue weighted by atomic mass is 35.5. The van der Waals surface area contributed by atoms with Gasteiger partial charge in [0.15, 0.2) is 0 Å². The van der Waals surface area contributed by atoms with Crippen molar-refractivity contribution in [2.45, 2.75) is 26.3 Å². The van der Waals surface area contributed by atoms with Crippen LogP contribution < -0.4 is 5.73 Å². The van der Waals surface area contributed by atoms with E-state index >= 15 is 0 Å². The minimum absolute atomic E-state index is 0. The number of halogens is 2. The van der Waals surface area contributed by atoms with Crippen LogP contribution in [0.5, 0.6) is 0 Å². The maximum Gasteiger partial charge on any atom is 0.123 e. The molecule has 4 nitrogen and oxygen atoms in total. The van der Waals surface area contributed by atoms with Gasteiger partial charge in [-0.05, 0) is 37.2 Å². The number of likely N-dealkylation sites (N-methyl/N-ethyl adjacent to an activating group) is 1. The number of nitrogens with zero attached hydrogens (tertiary/aromatic N) is 3. The summed E-state index contributed by atoms with van der Waals surface area (Å²) >= 11 is 0. The molecule has 0 unspecified atom stereocenters. The highest BCUT2D eigenvalue weighted by Gasteiger charge is 2.17. The summed E-state index contributed by atoms with van der Waals surface area (Å²) in [6.07, 6.45) is 1.86. The first-order valence-corrected chi connectivity index (χ1v) is 8.51. The van der Waals surface area contributed by atoms with Gasteiger partial charge in [-0.25, -0.2) is 4.98 Å². The van der Waals surface area contributed by atoms with Crippen LogP contribution >= 0.6 is 24.8 Å². The van der Waals surface area contributed by atoms with Gasteiger partial charge in [-0.3, -0.25) is 4.98 Å². The molecule has 1 aliphatic rings. The minimum Gasteiger partial charge on any atom is -0.384 e. The lowest BCUT2D eigenvalue weighted by atomic mass is 9.97. The first-order valence-electron chi connectivity index (χ1n) is 8.51. The molecule has 6 heteroatoms. The minimum atomic E-state index is 0. The van der Waals surface area contributed by atoms with Crippen molar-refractivity contribution in [2.24, 2.45) is 0 Å². The molecule has 26 heavy (non-hydrogen) atoms. The number of para-hydroxylation sites is 1. The maximum absolute atomic E-state index is 5.87. The van der Waals surface area contributed by atoms with E-state index in [2.05, 4.69) is 54.2 Å². The molecule has 2 aromatic heterocycles. The van der Waals surface area contributed by atoms with E-state index in [4.69, 9.17) is 10.7 Å². The molecule has 0 radical (unpaired) electrons. The largest absolute Gasteiger partial charge is 0.384 e. The molecule has 1 aliphatic heterocycles. The van der Waals surface area contributed by atoms with Gasteiger partial charge in [-0.2, -0.15) is 0 Å². The Morgan fingerprint density at radius 2 is 1.88 bits per heavy atom. The molecule has 0 fully saturated rings. The van der Waals surface area contributed by atoms with Crippen LogP contribution in [0.25, 0.3) is 22.0 Å². The first-order chi connectivity index (χ1) is 11.7. The molecule has 1 aromatic carbocycles. The van der Waals surface area contributed by atoms with Crippen molar-refractivity contribution < 1.29 is 0 Å². The first kappa shape index (κ1) is 20.4. The number of aryl methyl sites for hydroxylation is 1. The van der Waals surface area contributed by atoms with Gasteiger partial charge in [-0.15, -0.1) is 24.8 Å². The molecular weight excluding hydrogens is 367 g/mol. The number of nitrogen functional groups attached to an aromatic ring is 1. The van der Waals surface area contributed by atoms with Crippen LogP contribution in [-0.4, -0.2) is 28.5 Å². The highest BCUT2D eigenvalue weighted by molar-refractivity contribution is 5.94. The Morgan fingerprint density at radius 3 is 2.65 bits per heavy atom. The molecule has 2 N–H and O–H groups in total. The zero-order valence-corrected chi connectivity index (χ0v) is 16.7. The monoisotopic (exact) mass is 390 g/mol. The molecule has 0 amide bonds. The van der Waals surface area contributed by atoms with Gasteiger partial charge in [0.2, 0.25) is 0 Å². The summed E-state index contributed by atoms with van der Waals surface area (Å²) in [5, 5.41) is 1.19. The average molecular weight is 391 g/mol. The highest BCUT2D eigenvalue weighted by Crippen LogP contribution is 2.32. The summed E-state index contributed by atoms with van der Waals surface area (Å²) in [5.74, 6) is 0.573. The lowest BCUT2D eigenvalue weighted by molar-refractivity contribution is 0.310. The van der Waals surface area contributed by atoms with Gasteiger partial charge >= 0.3 is 0 Å². The van der Waals surface area contributed by atoms with E-state index in [0.717, 1.165) is 48.3 Å². The molecule has 0 saturated heterocycles. The standard InChI is InChI=1S/C20H22N4.2ClH/c1-3-17-15(7-8-19(21)22-17)16-6-4-5-13-11-14-12-24(2)10-9-18(14)23-20(13)16;;/h4-8,11H,3,9-10,12H2,1-2H3,(H2,21,22);2*1H. The summed E-state index contributed by atoms with van der Waals surface area (Å²) in [6.45, 7) is 4.16. The third-order valence-electron chi connectivity index (χ3n) is 4.81. The predicted octanol–water partition coefficient (Wildman–Crippen LogP) is 4.27. The molecule has 0 spiro atoms. The van der Waals surface area contributed by atoms with Gasteiger partial charge in [0.05, 0.1) is 11.2 Å². The Morgan fingerprint density at radius 1 is 1.08 bits per heavy atom. The summed E-state index contributed by atoms with van der Waals surface area (Å²) in [7, 11) is 2.16. The van der Waals surface area contributed by atoms with Crippen molar-refractivity contribution in [3.05, 3.63) is 53.3 Å². The van der Waals surface area contributed by atoms with E-state index in [1.54, 1.807) is 0 Å². The lowest BCUT2D eigenvalue weighted by Crippen LogP contribution is -2.27. The molecule has 0 atom stereocenters. The number of rotatable bonds is 2. The molecule has 3 heterocycles. The van der Waals surface area contributed by atoms with Crippen LogP contribution in [0.15, 0.2) is 36.4 Å². The molecule has 0 bridgehead atoms. The number of aromatic nitrogens is 2. The Balaban J connectivity index is 0.00000121. The van der Waals surface area contributed by atoms with Crippen LogP contribution in [0.3, 0.4) is 0 Å². The molecule has 3 aromatic rings. The zero-order valence-electron chi connectivity index (χ0n) is 15.0. The Labute approximate surface area is 166 Å². The van der Waals surface area contributed by atoms with E-state index in [0.29, 0.717) is 5.82 Å². The van der Waals surface area contributed by atoms with E-state index in [-0.39, 0.29) is 24.8 Å². The molecule has 138 valence electrons. The second-order valence-electron chi connectivity index (χ2n) is 6.54. The summed E-state index contributed by atoms with van der Waals surface area (Å²) in [4.78, 5) is 11.9. The Bertz CT molecular complexity index is 927. The van der Waals surface area contributed by atoms with Crippen molar-refractivity contribution in [1.82, 2.24) is 14.9 Å². The van der Waals surface area contributed by atoms with Crippen molar-refractivity contribution in [3.63, 3.8) is 0 Å². The van der Waals surface area contributed by atoms with Crippen LogP contribution in [-0.2, 0) is 19.4 Å². The van der Waals surface area contributed by atoms with Crippen LogP contribution in [0.1, 0.15) is 23.9 Å². The second-order valence-corrected chi connectivity index (χ2v) is 6.54. The zero-order chi connectivity index (χ0) is 16.7. The number of fused-ring (bicyclic) bond motifs is 2. The number of hydrogen-bond acceptors (Lipinski definition) is 4. The molecular formula is C20H24Cl2N4. The van der Waals surface area contributed by atoms with Crippen molar-refractivity contribution >= 4 is 41.5 Å². The molecule has 0 aliphatic carbocycles. The second kappa shape index (κ2) is 8.21. The van der Waals surface area contributed by atoms with Crippen LogP contribution in [0.2, 0.25) is 0 Å². The van der Waals surface area contributed by atoms with Gasteiger partial charge in [-0.1, -0.05) is 25.1 Å². The van der Waals surface area contributed by atoms with Crippen LogP contribution in [0.4, 0.5) is 5.82 Å². The fraction of sp³-hybridized carbons (Fsp3) is 0.300. The summed E-state index contributed by atoms with van der Waals surface area (Å²) < 4.78 is 0. The number of anilines is 1. The Hall–Kier alpha value is -1.88. The van der Waals surface area contributed by atoms with Gasteiger partial charge in [0, 0.05) is 41.7 Å².